The molecule has 6 heteroatoms. The van der Waals surface area contributed by atoms with Gasteiger partial charge in [0.05, 0.1) is 11.8 Å². The Morgan fingerprint density at radius 2 is 2.07 bits per heavy atom. The monoisotopic (exact) mass is 374 g/mol. The minimum absolute atomic E-state index is 0.0159. The van der Waals surface area contributed by atoms with E-state index < -0.39 is 0 Å². The topological polar surface area (TPSA) is 97.8 Å². The van der Waals surface area contributed by atoms with Crippen molar-refractivity contribution in [2.24, 2.45) is 5.92 Å². The Balaban J connectivity index is 1.79. The Kier molecular flexibility index (Phi) is 4.98. The van der Waals surface area contributed by atoms with Crippen LogP contribution in [0.5, 0.6) is 0 Å². The molecule has 1 fully saturated rings. The maximum atomic E-state index is 12.4. The van der Waals surface area contributed by atoms with Gasteiger partial charge in [0.1, 0.15) is 17.6 Å². The average molecular weight is 374 g/mol. The molecule has 3 heterocycles. The van der Waals surface area contributed by atoms with Crippen molar-refractivity contribution in [1.29, 1.82) is 5.26 Å². The summed E-state index contributed by atoms with van der Waals surface area (Å²) in [5, 5.41) is 9.38. The van der Waals surface area contributed by atoms with Gasteiger partial charge in [0.2, 0.25) is 0 Å². The largest absolute Gasteiger partial charge is 0.463 e. The van der Waals surface area contributed by atoms with E-state index in [1.165, 1.54) is 19.3 Å². The molecule has 142 valence electrons. The van der Waals surface area contributed by atoms with E-state index in [0.717, 1.165) is 30.5 Å². The van der Waals surface area contributed by atoms with Crippen molar-refractivity contribution in [1.82, 2.24) is 9.55 Å². The van der Waals surface area contributed by atoms with E-state index in [-0.39, 0.29) is 11.4 Å². The van der Waals surface area contributed by atoms with Crippen LogP contribution in [0.1, 0.15) is 37.7 Å². The van der Waals surface area contributed by atoms with Crippen LogP contribution in [-0.2, 0) is 6.54 Å². The quantitative estimate of drug-likeness (QED) is 0.738. The maximum absolute atomic E-state index is 12.4. The van der Waals surface area contributed by atoms with E-state index in [1.54, 1.807) is 41.2 Å². The lowest BCUT2D eigenvalue weighted by Crippen LogP contribution is -2.24. The number of hydrogen-bond acceptors (Lipinski definition) is 5. The Hall–Kier alpha value is -3.33. The number of nitrogen functional groups attached to an aromatic ring is 1. The van der Waals surface area contributed by atoms with Gasteiger partial charge >= 0.3 is 0 Å². The smallest absolute Gasteiger partial charge is 0.250 e. The summed E-state index contributed by atoms with van der Waals surface area (Å²) in [5.41, 5.74) is 8.31. The van der Waals surface area contributed by atoms with Crippen LogP contribution < -0.4 is 11.3 Å². The van der Waals surface area contributed by atoms with Crippen LogP contribution in [0.25, 0.3) is 22.6 Å². The zero-order valence-corrected chi connectivity index (χ0v) is 15.6. The highest BCUT2D eigenvalue weighted by atomic mass is 16.3. The van der Waals surface area contributed by atoms with Gasteiger partial charge in [-0.3, -0.25) is 4.79 Å². The second kappa shape index (κ2) is 7.73. The van der Waals surface area contributed by atoms with Gasteiger partial charge in [-0.2, -0.15) is 5.26 Å². The number of furan rings is 1. The number of pyridine rings is 2. The van der Waals surface area contributed by atoms with E-state index in [0.29, 0.717) is 22.9 Å². The van der Waals surface area contributed by atoms with Crippen LogP contribution in [0, 0.1) is 17.2 Å². The van der Waals surface area contributed by atoms with Crippen molar-refractivity contribution in [2.45, 2.75) is 38.6 Å². The minimum Gasteiger partial charge on any atom is -0.463 e. The van der Waals surface area contributed by atoms with Gasteiger partial charge in [-0.1, -0.05) is 19.3 Å². The molecular formula is C22H22N4O2. The molecule has 0 bridgehead atoms. The number of anilines is 1. The van der Waals surface area contributed by atoms with Gasteiger partial charge in [0, 0.05) is 29.9 Å². The van der Waals surface area contributed by atoms with E-state index in [9.17, 15) is 10.1 Å². The molecule has 0 saturated heterocycles. The first-order valence-corrected chi connectivity index (χ1v) is 9.61. The summed E-state index contributed by atoms with van der Waals surface area (Å²) in [6.07, 6.45) is 9.50. The highest BCUT2D eigenvalue weighted by Gasteiger charge is 2.18. The average Bonchev–Trinajstić information content (AvgIpc) is 3.25. The third-order valence-corrected chi connectivity index (χ3v) is 5.40. The van der Waals surface area contributed by atoms with E-state index in [4.69, 9.17) is 10.2 Å². The lowest BCUT2D eigenvalue weighted by Gasteiger charge is -2.22. The van der Waals surface area contributed by atoms with E-state index in [2.05, 4.69) is 11.1 Å². The first-order valence-electron chi connectivity index (χ1n) is 9.61. The van der Waals surface area contributed by atoms with Crippen molar-refractivity contribution in [3.63, 3.8) is 0 Å². The molecule has 6 nitrogen and oxygen atoms in total. The summed E-state index contributed by atoms with van der Waals surface area (Å²) in [5.74, 6) is 1.26. The SMILES string of the molecule is N#Cc1cc(-c2ccc(=O)n(CC3CCCCC3)c2)c(-c2ccco2)nc1N. The summed E-state index contributed by atoms with van der Waals surface area (Å²) >= 11 is 0. The fraction of sp³-hybridized carbons (Fsp3) is 0.318. The Labute approximate surface area is 163 Å². The van der Waals surface area contributed by atoms with Gasteiger partial charge in [0.15, 0.2) is 5.76 Å². The Bertz CT molecular complexity index is 1070. The van der Waals surface area contributed by atoms with Crippen molar-refractivity contribution in [3.05, 3.63) is 58.7 Å². The number of nitriles is 1. The van der Waals surface area contributed by atoms with Crippen molar-refractivity contribution >= 4 is 5.82 Å². The molecule has 0 atom stereocenters. The standard InChI is InChI=1S/C22H22N4O2/c23-12-17-11-18(21(25-22(17)24)19-7-4-10-28-19)16-8-9-20(27)26(14-16)13-15-5-2-1-3-6-15/h4,7-11,14-15H,1-3,5-6,13H2,(H2,24,25). The van der Waals surface area contributed by atoms with Crippen molar-refractivity contribution in [3.8, 4) is 28.7 Å². The van der Waals surface area contributed by atoms with E-state index in [1.807, 2.05) is 6.20 Å². The zero-order chi connectivity index (χ0) is 19.5. The molecule has 0 aromatic carbocycles. The van der Waals surface area contributed by atoms with Gasteiger partial charge in [-0.05, 0) is 43.0 Å². The van der Waals surface area contributed by atoms with Crippen LogP contribution >= 0.6 is 0 Å². The number of rotatable bonds is 4. The van der Waals surface area contributed by atoms with Gasteiger partial charge in [0.25, 0.3) is 5.56 Å². The molecule has 3 aromatic rings. The molecule has 0 radical (unpaired) electrons. The second-order valence-electron chi connectivity index (χ2n) is 7.32. The first kappa shape index (κ1) is 18.1. The van der Waals surface area contributed by atoms with Crippen LogP contribution in [0.4, 0.5) is 5.82 Å². The van der Waals surface area contributed by atoms with Crippen LogP contribution in [0.2, 0.25) is 0 Å². The minimum atomic E-state index is -0.0159. The van der Waals surface area contributed by atoms with Crippen molar-refractivity contribution in [2.75, 3.05) is 5.73 Å². The van der Waals surface area contributed by atoms with Gasteiger partial charge in [-0.15, -0.1) is 0 Å². The number of nitrogens with two attached hydrogens (primary N) is 1. The summed E-state index contributed by atoms with van der Waals surface area (Å²) in [6, 6.07) is 10.7. The zero-order valence-electron chi connectivity index (χ0n) is 15.6. The van der Waals surface area contributed by atoms with Crippen LogP contribution in [0.3, 0.4) is 0 Å². The normalized spacial score (nSPS) is 14.7. The molecule has 0 spiro atoms. The lowest BCUT2D eigenvalue weighted by molar-refractivity contribution is 0.316. The molecule has 1 saturated carbocycles. The molecule has 2 N–H and O–H groups in total. The van der Waals surface area contributed by atoms with Crippen LogP contribution in [0.15, 0.2) is 52.0 Å². The molecule has 1 aliphatic carbocycles. The second-order valence-corrected chi connectivity index (χ2v) is 7.32. The predicted octanol–water partition coefficient (Wildman–Crippen LogP) is 4.20. The molecule has 1 aliphatic rings. The van der Waals surface area contributed by atoms with Crippen LogP contribution in [-0.4, -0.2) is 9.55 Å². The highest BCUT2D eigenvalue weighted by molar-refractivity contribution is 5.81. The summed E-state index contributed by atoms with van der Waals surface area (Å²) in [7, 11) is 0. The van der Waals surface area contributed by atoms with Gasteiger partial charge < -0.3 is 14.7 Å². The summed E-state index contributed by atoms with van der Waals surface area (Å²) in [6.45, 7) is 0.719. The lowest BCUT2D eigenvalue weighted by atomic mass is 9.89. The first-order chi connectivity index (χ1) is 13.7. The van der Waals surface area contributed by atoms with Crippen molar-refractivity contribution < 1.29 is 4.42 Å². The molecule has 0 aliphatic heterocycles. The number of nitrogens with zero attached hydrogens (tertiary/aromatic N) is 3. The van der Waals surface area contributed by atoms with Gasteiger partial charge in [-0.25, -0.2) is 4.98 Å². The Morgan fingerprint density at radius 3 is 2.79 bits per heavy atom. The fourth-order valence-electron chi connectivity index (χ4n) is 3.92. The molecule has 0 unspecified atom stereocenters. The number of hydrogen-bond donors (Lipinski definition) is 1. The third-order valence-electron chi connectivity index (χ3n) is 5.40. The summed E-state index contributed by atoms with van der Waals surface area (Å²) in [4.78, 5) is 16.8. The Morgan fingerprint density at radius 1 is 1.25 bits per heavy atom. The predicted molar refractivity (Wildman–Crippen MR) is 107 cm³/mol. The molecule has 28 heavy (non-hydrogen) atoms. The molecule has 3 aromatic heterocycles. The maximum Gasteiger partial charge on any atom is 0.250 e. The highest BCUT2D eigenvalue weighted by Crippen LogP contribution is 2.33. The molecule has 0 amide bonds. The molecule has 4 rings (SSSR count). The number of aromatic nitrogens is 2. The molecular weight excluding hydrogens is 352 g/mol. The third kappa shape index (κ3) is 3.56. The fourth-order valence-corrected chi connectivity index (χ4v) is 3.92. The summed E-state index contributed by atoms with van der Waals surface area (Å²) < 4.78 is 7.29. The van der Waals surface area contributed by atoms with E-state index >= 15 is 0 Å².